The molecule has 0 saturated heterocycles. The van der Waals surface area contributed by atoms with Gasteiger partial charge in [0, 0.05) is 35.2 Å². The third kappa shape index (κ3) is 6.45. The largest absolute Gasteiger partial charge is 0.573 e. The van der Waals surface area contributed by atoms with Gasteiger partial charge in [0.25, 0.3) is 0 Å². The minimum absolute atomic E-state index is 0.00372. The first kappa shape index (κ1) is 29.4. The fourth-order valence-electron chi connectivity index (χ4n) is 4.56. The van der Waals surface area contributed by atoms with E-state index in [-0.39, 0.29) is 29.2 Å². The molecule has 0 aliphatic heterocycles. The van der Waals surface area contributed by atoms with Gasteiger partial charge in [-0.25, -0.2) is 9.18 Å². The van der Waals surface area contributed by atoms with Crippen molar-refractivity contribution in [3.8, 4) is 17.2 Å². The number of carbonyl (C=O) groups excluding carboxylic acids is 1. The Balaban J connectivity index is 1.82. The SMILES string of the molecule is COc1ccc(C(=O)c2c(C)n(Cc3ccc(F)c(OC(C(=O)O)C(C)C)c3)c3cc(OC(F)(F)F)ccc23)cc1. The maximum absolute atomic E-state index is 14.6. The van der Waals surface area contributed by atoms with Gasteiger partial charge in [0.05, 0.1) is 18.2 Å². The first-order valence-electron chi connectivity index (χ1n) is 12.5. The first-order chi connectivity index (χ1) is 19.3. The van der Waals surface area contributed by atoms with E-state index in [4.69, 9.17) is 9.47 Å². The molecule has 1 N–H and O–H groups in total. The number of carbonyl (C=O) groups is 2. The predicted molar refractivity (Wildman–Crippen MR) is 142 cm³/mol. The number of hydrogen-bond donors (Lipinski definition) is 1. The number of methoxy groups -OCH3 is 1. The number of benzene rings is 3. The van der Waals surface area contributed by atoms with Gasteiger partial charge in [-0.05, 0) is 61.0 Å². The molecule has 0 bridgehead atoms. The van der Waals surface area contributed by atoms with Crippen LogP contribution < -0.4 is 14.2 Å². The molecule has 3 aromatic carbocycles. The summed E-state index contributed by atoms with van der Waals surface area (Å²) < 4.78 is 69.9. The zero-order chi connectivity index (χ0) is 30.1. The van der Waals surface area contributed by atoms with E-state index in [0.717, 1.165) is 12.1 Å². The highest BCUT2D eigenvalue weighted by molar-refractivity contribution is 6.17. The van der Waals surface area contributed by atoms with Crippen molar-refractivity contribution in [3.63, 3.8) is 0 Å². The number of ether oxygens (including phenoxy) is 3. The number of ketones is 1. The van der Waals surface area contributed by atoms with Crippen molar-refractivity contribution < 1.29 is 46.5 Å². The number of hydrogen-bond acceptors (Lipinski definition) is 5. The standard InChI is InChI=1S/C30H27F4NO6/c1-16(2)28(29(37)38)40-25-13-18(5-12-23(25)31)15-35-17(3)26(27(36)19-6-8-20(39-4)9-7-19)22-11-10-21(14-24(22)35)41-30(32,33)34/h5-14,16,28H,15H2,1-4H3,(H,37,38). The van der Waals surface area contributed by atoms with Crippen molar-refractivity contribution >= 4 is 22.7 Å². The normalized spacial score (nSPS) is 12.4. The molecule has 0 spiro atoms. The summed E-state index contributed by atoms with van der Waals surface area (Å²) in [5.74, 6) is -3.05. The van der Waals surface area contributed by atoms with Gasteiger partial charge in [-0.15, -0.1) is 13.2 Å². The Morgan fingerprint density at radius 3 is 2.22 bits per heavy atom. The molecule has 4 aromatic rings. The summed E-state index contributed by atoms with van der Waals surface area (Å²) in [5.41, 5.74) is 1.79. The summed E-state index contributed by atoms with van der Waals surface area (Å²) in [5, 5.41) is 9.85. The Hall–Kier alpha value is -4.54. The summed E-state index contributed by atoms with van der Waals surface area (Å²) in [6, 6.07) is 14.0. The van der Waals surface area contributed by atoms with Gasteiger partial charge in [0.1, 0.15) is 11.5 Å². The van der Waals surface area contributed by atoms with Crippen LogP contribution in [0.1, 0.15) is 41.0 Å². The van der Waals surface area contributed by atoms with Crippen molar-refractivity contribution in [2.75, 3.05) is 7.11 Å². The van der Waals surface area contributed by atoms with Gasteiger partial charge < -0.3 is 23.9 Å². The second kappa shape index (κ2) is 11.5. The van der Waals surface area contributed by atoms with Crippen LogP contribution in [0, 0.1) is 18.7 Å². The molecule has 0 saturated carbocycles. The minimum atomic E-state index is -4.93. The van der Waals surface area contributed by atoms with Crippen LogP contribution in [-0.4, -0.2) is 41.0 Å². The van der Waals surface area contributed by atoms with E-state index in [9.17, 15) is 32.3 Å². The van der Waals surface area contributed by atoms with Gasteiger partial charge in [-0.3, -0.25) is 4.79 Å². The van der Waals surface area contributed by atoms with Crippen LogP contribution >= 0.6 is 0 Å². The van der Waals surface area contributed by atoms with E-state index >= 15 is 0 Å². The topological polar surface area (TPSA) is 87.0 Å². The van der Waals surface area contributed by atoms with Crippen molar-refractivity contribution in [1.29, 1.82) is 0 Å². The lowest BCUT2D eigenvalue weighted by Crippen LogP contribution is -2.32. The number of carboxylic acids is 1. The molecule has 1 heterocycles. The third-order valence-corrected chi connectivity index (χ3v) is 6.55. The number of halogens is 4. The molecule has 1 aromatic heterocycles. The van der Waals surface area contributed by atoms with Crippen molar-refractivity contribution in [1.82, 2.24) is 4.57 Å². The van der Waals surface area contributed by atoms with Gasteiger partial charge in [0.15, 0.2) is 23.5 Å². The van der Waals surface area contributed by atoms with Crippen LogP contribution in [0.5, 0.6) is 17.2 Å². The third-order valence-electron chi connectivity index (χ3n) is 6.55. The number of rotatable bonds is 10. The highest BCUT2D eigenvalue weighted by Crippen LogP contribution is 2.34. The highest BCUT2D eigenvalue weighted by atomic mass is 19.4. The van der Waals surface area contributed by atoms with E-state index < -0.39 is 35.9 Å². The number of aromatic nitrogens is 1. The smallest absolute Gasteiger partial charge is 0.497 e. The van der Waals surface area contributed by atoms with Crippen LogP contribution in [0.2, 0.25) is 0 Å². The van der Waals surface area contributed by atoms with E-state index in [1.165, 1.54) is 31.4 Å². The molecule has 0 fully saturated rings. The summed E-state index contributed by atoms with van der Waals surface area (Å²) in [4.78, 5) is 25.2. The zero-order valence-electron chi connectivity index (χ0n) is 22.6. The van der Waals surface area contributed by atoms with E-state index in [1.807, 2.05) is 0 Å². The fourth-order valence-corrected chi connectivity index (χ4v) is 4.56. The Bertz CT molecular complexity index is 1590. The van der Waals surface area contributed by atoms with Crippen LogP contribution in [0.4, 0.5) is 17.6 Å². The molecule has 0 amide bonds. The monoisotopic (exact) mass is 573 g/mol. The maximum Gasteiger partial charge on any atom is 0.573 e. The van der Waals surface area contributed by atoms with Crippen LogP contribution in [0.15, 0.2) is 60.7 Å². The van der Waals surface area contributed by atoms with Crippen LogP contribution in [-0.2, 0) is 11.3 Å². The number of nitrogens with zero attached hydrogens (tertiary/aromatic N) is 1. The first-order valence-corrected chi connectivity index (χ1v) is 12.5. The lowest BCUT2D eigenvalue weighted by Gasteiger charge is -2.19. The van der Waals surface area contributed by atoms with Gasteiger partial charge >= 0.3 is 12.3 Å². The summed E-state index contributed by atoms with van der Waals surface area (Å²) in [6.45, 7) is 4.90. The second-order valence-electron chi connectivity index (χ2n) is 9.72. The van der Waals surface area contributed by atoms with Crippen molar-refractivity contribution in [2.24, 2.45) is 5.92 Å². The summed E-state index contributed by atoms with van der Waals surface area (Å²) >= 11 is 0. The lowest BCUT2D eigenvalue weighted by molar-refractivity contribution is -0.274. The van der Waals surface area contributed by atoms with Crippen molar-refractivity contribution in [3.05, 3.63) is 88.9 Å². The van der Waals surface area contributed by atoms with Gasteiger partial charge in [-0.2, -0.15) is 0 Å². The minimum Gasteiger partial charge on any atom is -0.497 e. The average molecular weight is 574 g/mol. The lowest BCUT2D eigenvalue weighted by atomic mass is 10.0. The Morgan fingerprint density at radius 1 is 0.976 bits per heavy atom. The molecule has 0 aliphatic rings. The summed E-state index contributed by atoms with van der Waals surface area (Å²) in [6.07, 6.45) is -6.23. The summed E-state index contributed by atoms with van der Waals surface area (Å²) in [7, 11) is 1.49. The molecule has 7 nitrogen and oxygen atoms in total. The number of aliphatic carboxylic acids is 1. The molecule has 216 valence electrons. The Kier molecular flexibility index (Phi) is 8.27. The number of carboxylic acid groups (broad SMARTS) is 1. The average Bonchev–Trinajstić information content (AvgIpc) is 3.17. The molecule has 0 aliphatic carbocycles. The van der Waals surface area contributed by atoms with Crippen molar-refractivity contribution in [2.45, 2.75) is 39.8 Å². The quantitative estimate of drug-likeness (QED) is 0.167. The van der Waals surface area contributed by atoms with E-state index in [1.54, 1.807) is 49.6 Å². The molecule has 0 radical (unpaired) electrons. The van der Waals surface area contributed by atoms with E-state index in [0.29, 0.717) is 28.0 Å². The molecule has 41 heavy (non-hydrogen) atoms. The van der Waals surface area contributed by atoms with Crippen LogP contribution in [0.25, 0.3) is 10.9 Å². The molecule has 4 rings (SSSR count). The number of fused-ring (bicyclic) bond motifs is 1. The fraction of sp³-hybridized carbons (Fsp3) is 0.267. The van der Waals surface area contributed by atoms with Gasteiger partial charge in [-0.1, -0.05) is 19.9 Å². The highest BCUT2D eigenvalue weighted by Gasteiger charge is 2.32. The predicted octanol–water partition coefficient (Wildman–Crippen LogP) is 6.76. The zero-order valence-corrected chi connectivity index (χ0v) is 22.6. The molecular formula is C30H27F4NO6. The Labute approximate surface area is 232 Å². The number of alkyl halides is 3. The molecular weight excluding hydrogens is 546 g/mol. The van der Waals surface area contributed by atoms with Crippen LogP contribution in [0.3, 0.4) is 0 Å². The van der Waals surface area contributed by atoms with E-state index in [2.05, 4.69) is 4.74 Å². The molecule has 11 heteroatoms. The molecule has 1 atom stereocenters. The second-order valence-corrected chi connectivity index (χ2v) is 9.72. The van der Waals surface area contributed by atoms with Gasteiger partial charge in [0.2, 0.25) is 0 Å². The maximum atomic E-state index is 14.6. The molecule has 1 unspecified atom stereocenters. The Morgan fingerprint density at radius 2 is 1.63 bits per heavy atom.